The number of aromatic nitrogens is 1. The molecule has 3 amide bonds. The summed E-state index contributed by atoms with van der Waals surface area (Å²) in [4.78, 5) is 30.7. The maximum absolute atomic E-state index is 13.8. The number of carbonyl (C=O) groups is 2. The number of nitrogens with one attached hydrogen (secondary N) is 1. The van der Waals surface area contributed by atoms with E-state index in [9.17, 15) is 9.59 Å². The fraction of sp³-hybridized carbons (Fsp3) is 0.519. The Morgan fingerprint density at radius 3 is 2.68 bits per heavy atom. The molecule has 204 valence electrons. The molecule has 0 radical (unpaired) electrons. The van der Waals surface area contributed by atoms with Crippen LogP contribution < -0.4 is 14.8 Å². The Morgan fingerprint density at radius 1 is 1.16 bits per heavy atom. The van der Waals surface area contributed by atoms with Crippen molar-refractivity contribution in [2.75, 3.05) is 52.7 Å². The van der Waals surface area contributed by atoms with Crippen molar-refractivity contribution in [3.05, 3.63) is 47.8 Å². The van der Waals surface area contributed by atoms with Gasteiger partial charge in [0, 0.05) is 51.9 Å². The number of rotatable bonds is 8. The van der Waals surface area contributed by atoms with Crippen molar-refractivity contribution >= 4 is 17.6 Å². The normalized spacial score (nSPS) is 19.1. The molecule has 3 aliphatic rings. The molecule has 1 saturated heterocycles. The summed E-state index contributed by atoms with van der Waals surface area (Å²) in [5.74, 6) is 1.11. The highest BCUT2D eigenvalue weighted by atomic mass is 16.7. The minimum Gasteiger partial charge on any atom is -0.454 e. The van der Waals surface area contributed by atoms with Crippen molar-refractivity contribution < 1.29 is 23.8 Å². The molecule has 0 unspecified atom stereocenters. The van der Waals surface area contributed by atoms with E-state index in [0.717, 1.165) is 30.1 Å². The third kappa shape index (κ3) is 5.78. The van der Waals surface area contributed by atoms with Crippen molar-refractivity contribution in [1.82, 2.24) is 24.7 Å². The predicted molar refractivity (Wildman–Crippen MR) is 141 cm³/mol. The molecule has 1 atom stereocenters. The average Bonchev–Trinajstić information content (AvgIpc) is 3.65. The van der Waals surface area contributed by atoms with E-state index in [1.54, 1.807) is 4.90 Å². The number of hydrogen-bond donors (Lipinski definition) is 1. The molecule has 1 aromatic carbocycles. The van der Waals surface area contributed by atoms with Crippen LogP contribution in [0.4, 0.5) is 4.79 Å². The Hall–Kier alpha value is -3.57. The van der Waals surface area contributed by atoms with Crippen LogP contribution in [-0.4, -0.2) is 95.8 Å². The Kier molecular flexibility index (Phi) is 7.85. The zero-order valence-corrected chi connectivity index (χ0v) is 22.3. The molecule has 1 aromatic heterocycles. The maximum atomic E-state index is 13.8. The Labute approximate surface area is 222 Å². The van der Waals surface area contributed by atoms with Gasteiger partial charge >= 0.3 is 6.03 Å². The van der Waals surface area contributed by atoms with E-state index < -0.39 is 0 Å². The first-order valence-electron chi connectivity index (χ1n) is 13.2. The molecule has 2 aromatic rings. The van der Waals surface area contributed by atoms with Gasteiger partial charge in [0.15, 0.2) is 11.5 Å². The lowest BCUT2D eigenvalue weighted by Gasteiger charge is -2.31. The number of carbonyl (C=O) groups excluding carboxylic acids is 2. The standard InChI is InChI=1S/C27H36N6O5/c1-19(2)28-27(35)32(10-9-31-11-13-36-14-12-31)17-26(34)33-23(16-21(29-33)22-5-4-8-30(22)3)20-6-7-24-25(15-20)38-18-37-24/h4-8,15,19,23H,9-14,16-18H2,1-3H3,(H,28,35)/t23-/m1/s1. The van der Waals surface area contributed by atoms with Gasteiger partial charge in [-0.3, -0.25) is 9.69 Å². The second-order valence-electron chi connectivity index (χ2n) is 10.1. The minimum atomic E-state index is -0.323. The van der Waals surface area contributed by atoms with E-state index in [1.807, 2.05) is 62.0 Å². The summed E-state index contributed by atoms with van der Waals surface area (Å²) in [6.45, 7) is 8.02. The fourth-order valence-electron chi connectivity index (χ4n) is 4.95. The molecule has 5 rings (SSSR count). The second kappa shape index (κ2) is 11.4. The number of nitrogens with zero attached hydrogens (tertiary/aromatic N) is 5. The highest BCUT2D eigenvalue weighted by molar-refractivity contribution is 6.02. The molecule has 3 aliphatic heterocycles. The summed E-state index contributed by atoms with van der Waals surface area (Å²) >= 11 is 0. The monoisotopic (exact) mass is 524 g/mol. The second-order valence-corrected chi connectivity index (χ2v) is 10.1. The number of ether oxygens (including phenoxy) is 3. The zero-order valence-electron chi connectivity index (χ0n) is 22.3. The number of urea groups is 1. The third-order valence-corrected chi connectivity index (χ3v) is 7.00. The first kappa shape index (κ1) is 26.1. The van der Waals surface area contributed by atoms with E-state index >= 15 is 0 Å². The Bertz CT molecular complexity index is 1190. The van der Waals surface area contributed by atoms with E-state index in [2.05, 4.69) is 10.2 Å². The molecule has 38 heavy (non-hydrogen) atoms. The van der Waals surface area contributed by atoms with Gasteiger partial charge in [0.05, 0.1) is 30.7 Å². The van der Waals surface area contributed by atoms with Crippen LogP contribution in [0.5, 0.6) is 11.5 Å². The Morgan fingerprint density at radius 2 is 1.95 bits per heavy atom. The van der Waals surface area contributed by atoms with E-state index in [0.29, 0.717) is 44.2 Å². The van der Waals surface area contributed by atoms with Gasteiger partial charge in [-0.25, -0.2) is 9.80 Å². The number of benzene rings is 1. The molecule has 11 heteroatoms. The van der Waals surface area contributed by atoms with Crippen LogP contribution in [0.1, 0.15) is 37.6 Å². The molecule has 1 fully saturated rings. The van der Waals surface area contributed by atoms with Crippen molar-refractivity contribution in [3.63, 3.8) is 0 Å². The summed E-state index contributed by atoms with van der Waals surface area (Å²) in [6, 6.07) is 9.06. The highest BCUT2D eigenvalue weighted by Gasteiger charge is 2.36. The van der Waals surface area contributed by atoms with Crippen molar-refractivity contribution in [1.29, 1.82) is 0 Å². The molecular weight excluding hydrogens is 488 g/mol. The number of morpholine rings is 1. The summed E-state index contributed by atoms with van der Waals surface area (Å²) in [5, 5.41) is 9.26. The number of hydrogen-bond acceptors (Lipinski definition) is 7. The molecule has 0 saturated carbocycles. The van der Waals surface area contributed by atoms with Crippen LogP contribution >= 0.6 is 0 Å². The van der Waals surface area contributed by atoms with Gasteiger partial charge in [0.2, 0.25) is 6.79 Å². The van der Waals surface area contributed by atoms with Crippen LogP contribution in [-0.2, 0) is 16.6 Å². The first-order valence-corrected chi connectivity index (χ1v) is 13.2. The summed E-state index contributed by atoms with van der Waals surface area (Å²) in [7, 11) is 1.96. The topological polar surface area (TPSA) is 101 Å². The van der Waals surface area contributed by atoms with Crippen molar-refractivity contribution in [2.45, 2.75) is 32.4 Å². The summed E-state index contributed by atoms with van der Waals surface area (Å²) in [5.41, 5.74) is 2.68. The van der Waals surface area contributed by atoms with Crippen LogP contribution in [0.3, 0.4) is 0 Å². The smallest absolute Gasteiger partial charge is 0.318 e. The highest BCUT2D eigenvalue weighted by Crippen LogP contribution is 2.39. The molecular formula is C27H36N6O5. The van der Waals surface area contributed by atoms with E-state index in [-0.39, 0.29) is 37.4 Å². The lowest BCUT2D eigenvalue weighted by molar-refractivity contribution is -0.133. The predicted octanol–water partition coefficient (Wildman–Crippen LogP) is 2.18. The molecule has 4 heterocycles. The lowest BCUT2D eigenvalue weighted by atomic mass is 10.00. The number of aryl methyl sites for hydroxylation is 1. The van der Waals surface area contributed by atoms with Crippen molar-refractivity contribution in [3.8, 4) is 11.5 Å². The van der Waals surface area contributed by atoms with Crippen LogP contribution in [0.2, 0.25) is 0 Å². The van der Waals surface area contributed by atoms with Gasteiger partial charge in [-0.05, 0) is 43.7 Å². The van der Waals surface area contributed by atoms with Crippen LogP contribution in [0, 0.1) is 0 Å². The molecule has 0 spiro atoms. The molecule has 1 N–H and O–H groups in total. The molecule has 0 aliphatic carbocycles. The SMILES string of the molecule is CC(C)NC(=O)N(CCN1CCOCC1)CC(=O)N1N=C(c2cccn2C)C[C@@H]1c1ccc2c(c1)OCO2. The number of amides is 3. The average molecular weight is 525 g/mol. The van der Waals surface area contributed by atoms with E-state index in [1.165, 1.54) is 5.01 Å². The third-order valence-electron chi connectivity index (χ3n) is 7.00. The van der Waals surface area contributed by atoms with Gasteiger partial charge in [-0.1, -0.05) is 6.07 Å². The van der Waals surface area contributed by atoms with Crippen LogP contribution in [0.15, 0.2) is 41.6 Å². The van der Waals surface area contributed by atoms with Gasteiger partial charge in [-0.15, -0.1) is 0 Å². The van der Waals surface area contributed by atoms with Gasteiger partial charge in [0.1, 0.15) is 6.54 Å². The van der Waals surface area contributed by atoms with Crippen LogP contribution in [0.25, 0.3) is 0 Å². The summed E-state index contributed by atoms with van der Waals surface area (Å²) < 4.78 is 18.5. The quantitative estimate of drug-likeness (QED) is 0.568. The molecule has 0 bridgehead atoms. The summed E-state index contributed by atoms with van der Waals surface area (Å²) in [6.07, 6.45) is 2.51. The Balaban J connectivity index is 1.38. The van der Waals surface area contributed by atoms with Gasteiger partial charge < -0.3 is 29.0 Å². The first-order chi connectivity index (χ1) is 18.4. The maximum Gasteiger partial charge on any atom is 0.318 e. The minimum absolute atomic E-state index is 0.0429. The molecule has 11 nitrogen and oxygen atoms in total. The van der Waals surface area contributed by atoms with Gasteiger partial charge in [-0.2, -0.15) is 5.10 Å². The zero-order chi connectivity index (χ0) is 26.6. The van der Waals surface area contributed by atoms with Crippen molar-refractivity contribution in [2.24, 2.45) is 12.1 Å². The number of fused-ring (bicyclic) bond motifs is 1. The largest absolute Gasteiger partial charge is 0.454 e. The lowest BCUT2D eigenvalue weighted by Crippen LogP contribution is -2.50. The number of hydrazone groups is 1. The fourth-order valence-corrected chi connectivity index (χ4v) is 4.95. The van der Waals surface area contributed by atoms with E-state index in [4.69, 9.17) is 19.3 Å². The van der Waals surface area contributed by atoms with Gasteiger partial charge in [0.25, 0.3) is 5.91 Å².